The van der Waals surface area contributed by atoms with Crippen molar-refractivity contribution in [3.63, 3.8) is 0 Å². The van der Waals surface area contributed by atoms with Crippen molar-refractivity contribution >= 4 is 5.97 Å². The fourth-order valence-electron chi connectivity index (χ4n) is 6.84. The first-order valence-corrected chi connectivity index (χ1v) is 11.7. The molecule has 0 saturated heterocycles. The van der Waals surface area contributed by atoms with E-state index in [0.29, 0.717) is 24.2 Å². The lowest BCUT2D eigenvalue weighted by molar-refractivity contribution is -0.136. The lowest BCUT2D eigenvalue weighted by Gasteiger charge is -2.63. The van der Waals surface area contributed by atoms with Crippen LogP contribution >= 0.6 is 0 Å². The van der Waals surface area contributed by atoms with E-state index in [0.717, 1.165) is 44.9 Å². The summed E-state index contributed by atoms with van der Waals surface area (Å²) in [6.07, 6.45) is 13.2. The molecule has 0 amide bonds. The second-order valence-corrected chi connectivity index (χ2v) is 9.86. The number of carboxylic acids is 1. The summed E-state index contributed by atoms with van der Waals surface area (Å²) in [5, 5.41) is 30.5. The van der Waals surface area contributed by atoms with E-state index >= 15 is 0 Å². The van der Waals surface area contributed by atoms with Crippen LogP contribution in [-0.4, -0.2) is 33.5 Å². The molecule has 0 bridgehead atoms. The van der Waals surface area contributed by atoms with Crippen molar-refractivity contribution in [1.82, 2.24) is 0 Å². The van der Waals surface area contributed by atoms with Gasteiger partial charge in [-0.2, -0.15) is 0 Å². The standard InChI is InChI=1S/C24H40O4/c1-3-17-19(10-7-11-22(27)28)24(2)15-14-21(26)18(23(17)24)12-13-20(25)16-8-5-4-6-9-16/h10,16-18,20-21,23,25-26H,3-9,11-15H2,1-2H3,(H,27,28)/t17?,18-,20?,21+,23+,24+/m1/s1. The van der Waals surface area contributed by atoms with Gasteiger partial charge in [-0.1, -0.05) is 44.8 Å². The monoisotopic (exact) mass is 392 g/mol. The highest BCUT2D eigenvalue weighted by Crippen LogP contribution is 2.66. The molecule has 4 nitrogen and oxygen atoms in total. The zero-order chi connectivity index (χ0) is 20.3. The van der Waals surface area contributed by atoms with Crippen molar-refractivity contribution in [2.24, 2.45) is 29.1 Å². The van der Waals surface area contributed by atoms with E-state index in [-0.39, 0.29) is 30.0 Å². The molecule has 3 saturated carbocycles. The van der Waals surface area contributed by atoms with Gasteiger partial charge in [-0.15, -0.1) is 0 Å². The molecule has 3 fully saturated rings. The fourth-order valence-corrected chi connectivity index (χ4v) is 6.84. The molecule has 3 N–H and O–H groups in total. The van der Waals surface area contributed by atoms with Crippen molar-refractivity contribution in [3.05, 3.63) is 11.6 Å². The number of aliphatic hydroxyl groups is 2. The maximum Gasteiger partial charge on any atom is 0.303 e. The SMILES string of the molecule is CCC1C(=CCCC(=O)O)[C@]2(C)CC[C@H](O)[C@@H](CCC(O)C3CCCCC3)[C@H]12. The summed E-state index contributed by atoms with van der Waals surface area (Å²) in [6, 6.07) is 0. The Morgan fingerprint density at radius 2 is 1.96 bits per heavy atom. The summed E-state index contributed by atoms with van der Waals surface area (Å²) < 4.78 is 0. The number of fused-ring (bicyclic) bond motifs is 1. The van der Waals surface area contributed by atoms with Gasteiger partial charge in [0.05, 0.1) is 12.2 Å². The Morgan fingerprint density at radius 3 is 2.61 bits per heavy atom. The summed E-state index contributed by atoms with van der Waals surface area (Å²) in [5.41, 5.74) is 1.55. The third-order valence-corrected chi connectivity index (χ3v) is 8.30. The highest BCUT2D eigenvalue weighted by Gasteiger charge is 2.59. The Hall–Kier alpha value is -0.870. The van der Waals surface area contributed by atoms with Crippen molar-refractivity contribution in [1.29, 1.82) is 0 Å². The van der Waals surface area contributed by atoms with Crippen LogP contribution in [0.1, 0.15) is 90.9 Å². The first kappa shape index (κ1) is 21.8. The lowest BCUT2D eigenvalue weighted by atomic mass is 9.42. The molecule has 0 heterocycles. The Morgan fingerprint density at radius 1 is 1.25 bits per heavy atom. The third kappa shape index (κ3) is 4.33. The number of carbonyl (C=O) groups is 1. The molecular weight excluding hydrogens is 352 g/mol. The molecule has 0 aromatic heterocycles. The number of aliphatic hydroxyl groups excluding tert-OH is 2. The highest BCUT2D eigenvalue weighted by molar-refractivity contribution is 5.66. The Labute approximate surface area is 170 Å². The Kier molecular flexibility index (Phi) is 7.25. The van der Waals surface area contributed by atoms with Gasteiger partial charge in [0.2, 0.25) is 0 Å². The summed E-state index contributed by atoms with van der Waals surface area (Å²) in [7, 11) is 0. The molecule has 6 atom stereocenters. The van der Waals surface area contributed by atoms with Gasteiger partial charge in [0.15, 0.2) is 0 Å². The largest absolute Gasteiger partial charge is 0.481 e. The van der Waals surface area contributed by atoms with Crippen LogP contribution in [0.15, 0.2) is 11.6 Å². The zero-order valence-corrected chi connectivity index (χ0v) is 17.8. The normalized spacial score (nSPS) is 38.6. The van der Waals surface area contributed by atoms with Gasteiger partial charge in [0.1, 0.15) is 0 Å². The van der Waals surface area contributed by atoms with E-state index < -0.39 is 5.97 Å². The first-order chi connectivity index (χ1) is 13.4. The molecule has 0 spiro atoms. The van der Waals surface area contributed by atoms with E-state index in [9.17, 15) is 15.0 Å². The summed E-state index contributed by atoms with van der Waals surface area (Å²) >= 11 is 0. The number of allylic oxidation sites excluding steroid dienone is 2. The molecule has 0 aromatic rings. The van der Waals surface area contributed by atoms with Gasteiger partial charge >= 0.3 is 5.97 Å². The van der Waals surface area contributed by atoms with Crippen LogP contribution in [0.4, 0.5) is 0 Å². The van der Waals surface area contributed by atoms with Crippen LogP contribution in [0.3, 0.4) is 0 Å². The summed E-state index contributed by atoms with van der Waals surface area (Å²) in [6.45, 7) is 4.54. The quantitative estimate of drug-likeness (QED) is 0.512. The van der Waals surface area contributed by atoms with Gasteiger partial charge in [-0.05, 0) is 80.5 Å². The molecule has 160 valence electrons. The smallest absolute Gasteiger partial charge is 0.303 e. The second kappa shape index (κ2) is 9.30. The summed E-state index contributed by atoms with van der Waals surface area (Å²) in [5.74, 6) is 0.912. The predicted molar refractivity (Wildman–Crippen MR) is 111 cm³/mol. The van der Waals surface area contributed by atoms with Crippen molar-refractivity contribution in [2.75, 3.05) is 0 Å². The first-order valence-electron chi connectivity index (χ1n) is 11.7. The van der Waals surface area contributed by atoms with E-state index in [1.54, 1.807) is 0 Å². The number of carboxylic acid groups (broad SMARTS) is 1. The molecule has 3 aliphatic rings. The Balaban J connectivity index is 1.65. The minimum atomic E-state index is -0.737. The fraction of sp³-hybridized carbons (Fsp3) is 0.875. The van der Waals surface area contributed by atoms with Crippen molar-refractivity contribution in [2.45, 2.75) is 103 Å². The van der Waals surface area contributed by atoms with Gasteiger partial charge in [0.25, 0.3) is 0 Å². The predicted octanol–water partition coefficient (Wildman–Crippen LogP) is 4.93. The van der Waals surface area contributed by atoms with Gasteiger partial charge in [-0.25, -0.2) is 0 Å². The van der Waals surface area contributed by atoms with E-state index in [1.807, 2.05) is 0 Å². The molecule has 0 aliphatic heterocycles. The lowest BCUT2D eigenvalue weighted by Crippen LogP contribution is -2.58. The van der Waals surface area contributed by atoms with E-state index in [2.05, 4.69) is 19.9 Å². The number of hydrogen-bond acceptors (Lipinski definition) is 3. The van der Waals surface area contributed by atoms with Crippen LogP contribution in [0.2, 0.25) is 0 Å². The van der Waals surface area contributed by atoms with Crippen LogP contribution in [-0.2, 0) is 4.79 Å². The third-order valence-electron chi connectivity index (χ3n) is 8.30. The number of aliphatic carboxylic acids is 1. The average molecular weight is 393 g/mol. The van der Waals surface area contributed by atoms with Gasteiger partial charge in [0, 0.05) is 6.42 Å². The number of rotatable bonds is 8. The molecule has 4 heteroatoms. The van der Waals surface area contributed by atoms with Gasteiger partial charge < -0.3 is 15.3 Å². The molecule has 3 aliphatic carbocycles. The van der Waals surface area contributed by atoms with Crippen molar-refractivity contribution in [3.8, 4) is 0 Å². The Bertz CT molecular complexity index is 565. The topological polar surface area (TPSA) is 77.8 Å². The van der Waals surface area contributed by atoms with E-state index in [4.69, 9.17) is 5.11 Å². The molecular formula is C24H40O4. The second-order valence-electron chi connectivity index (χ2n) is 9.86. The van der Waals surface area contributed by atoms with Crippen LogP contribution in [0, 0.1) is 29.1 Å². The minimum Gasteiger partial charge on any atom is -0.481 e. The molecule has 0 radical (unpaired) electrons. The zero-order valence-electron chi connectivity index (χ0n) is 17.8. The van der Waals surface area contributed by atoms with Crippen LogP contribution in [0.25, 0.3) is 0 Å². The van der Waals surface area contributed by atoms with Crippen LogP contribution in [0.5, 0.6) is 0 Å². The summed E-state index contributed by atoms with van der Waals surface area (Å²) in [4.78, 5) is 10.9. The van der Waals surface area contributed by atoms with Crippen molar-refractivity contribution < 1.29 is 20.1 Å². The average Bonchev–Trinajstić information content (AvgIpc) is 2.68. The molecule has 3 rings (SSSR count). The number of hydrogen-bond donors (Lipinski definition) is 3. The van der Waals surface area contributed by atoms with Crippen LogP contribution < -0.4 is 0 Å². The van der Waals surface area contributed by atoms with Gasteiger partial charge in [-0.3, -0.25) is 4.79 Å². The molecule has 28 heavy (non-hydrogen) atoms. The molecule has 0 aromatic carbocycles. The molecule has 2 unspecified atom stereocenters. The maximum atomic E-state index is 10.9. The highest BCUT2D eigenvalue weighted by atomic mass is 16.4. The van der Waals surface area contributed by atoms with E-state index in [1.165, 1.54) is 24.8 Å². The minimum absolute atomic E-state index is 0.110. The maximum absolute atomic E-state index is 10.9.